The standard InChI is InChI=1S/C19H16F3N5O/c20-19(21,22)13-5-3-12(4-6-13)18(28)27-14-7-9-24-15(10-14)11-26-16-2-1-8-25-17(16)23/h1-10,26H,11H2,(H2,23,25)(H,24,27,28). The number of hydrogen-bond acceptors (Lipinski definition) is 5. The molecule has 1 amide bonds. The average Bonchev–Trinajstić information content (AvgIpc) is 2.67. The van der Waals surface area contributed by atoms with E-state index in [9.17, 15) is 18.0 Å². The highest BCUT2D eigenvalue weighted by Gasteiger charge is 2.30. The molecule has 28 heavy (non-hydrogen) atoms. The molecule has 0 aliphatic rings. The Morgan fingerprint density at radius 3 is 2.46 bits per heavy atom. The van der Waals surface area contributed by atoms with Crippen molar-refractivity contribution in [3.05, 3.63) is 77.7 Å². The molecule has 3 aromatic rings. The maximum absolute atomic E-state index is 12.6. The minimum absolute atomic E-state index is 0.118. The number of benzene rings is 1. The molecule has 6 nitrogen and oxygen atoms in total. The lowest BCUT2D eigenvalue weighted by Crippen LogP contribution is -2.13. The first-order chi connectivity index (χ1) is 13.3. The molecule has 0 aliphatic heterocycles. The van der Waals surface area contributed by atoms with Crippen LogP contribution in [0.2, 0.25) is 0 Å². The number of halogens is 3. The maximum atomic E-state index is 12.6. The summed E-state index contributed by atoms with van der Waals surface area (Å²) >= 11 is 0. The van der Waals surface area contributed by atoms with E-state index < -0.39 is 17.6 Å². The fraction of sp³-hybridized carbons (Fsp3) is 0.105. The average molecular weight is 387 g/mol. The van der Waals surface area contributed by atoms with Gasteiger partial charge in [-0.1, -0.05) is 0 Å². The molecular weight excluding hydrogens is 371 g/mol. The van der Waals surface area contributed by atoms with Crippen LogP contribution < -0.4 is 16.4 Å². The van der Waals surface area contributed by atoms with Crippen LogP contribution in [0.3, 0.4) is 0 Å². The highest BCUT2D eigenvalue weighted by molar-refractivity contribution is 6.04. The smallest absolute Gasteiger partial charge is 0.382 e. The Kier molecular flexibility index (Phi) is 5.44. The number of nitrogens with zero attached hydrogens (tertiary/aromatic N) is 2. The number of hydrogen-bond donors (Lipinski definition) is 3. The summed E-state index contributed by atoms with van der Waals surface area (Å²) in [5.74, 6) is -0.162. The van der Waals surface area contributed by atoms with E-state index >= 15 is 0 Å². The van der Waals surface area contributed by atoms with Crippen LogP contribution >= 0.6 is 0 Å². The van der Waals surface area contributed by atoms with Gasteiger partial charge >= 0.3 is 6.18 Å². The molecule has 9 heteroatoms. The highest BCUT2D eigenvalue weighted by Crippen LogP contribution is 2.29. The molecule has 2 aromatic heterocycles. The van der Waals surface area contributed by atoms with Crippen LogP contribution in [0.1, 0.15) is 21.6 Å². The summed E-state index contributed by atoms with van der Waals surface area (Å²) in [6.07, 6.45) is -1.35. The lowest BCUT2D eigenvalue weighted by molar-refractivity contribution is -0.137. The van der Waals surface area contributed by atoms with Crippen molar-refractivity contribution < 1.29 is 18.0 Å². The van der Waals surface area contributed by atoms with Crippen molar-refractivity contribution in [3.8, 4) is 0 Å². The molecule has 3 rings (SSSR count). The number of carbonyl (C=O) groups excluding carboxylic acids is 1. The second kappa shape index (κ2) is 7.95. The molecule has 0 saturated carbocycles. The largest absolute Gasteiger partial charge is 0.416 e. The number of carbonyl (C=O) groups is 1. The van der Waals surface area contributed by atoms with Gasteiger partial charge in [-0.3, -0.25) is 9.78 Å². The number of aromatic nitrogens is 2. The summed E-state index contributed by atoms with van der Waals surface area (Å²) in [5.41, 5.74) is 6.83. The Hall–Kier alpha value is -3.62. The van der Waals surface area contributed by atoms with Crippen molar-refractivity contribution in [2.45, 2.75) is 12.7 Å². The molecule has 0 spiro atoms. The molecule has 0 saturated heterocycles. The number of alkyl halides is 3. The van der Waals surface area contributed by atoms with Crippen molar-refractivity contribution in [3.63, 3.8) is 0 Å². The van der Waals surface area contributed by atoms with E-state index in [1.807, 2.05) is 0 Å². The molecule has 0 atom stereocenters. The Morgan fingerprint density at radius 2 is 1.79 bits per heavy atom. The van der Waals surface area contributed by atoms with E-state index in [4.69, 9.17) is 5.73 Å². The second-order valence-corrected chi connectivity index (χ2v) is 5.85. The minimum atomic E-state index is -4.44. The van der Waals surface area contributed by atoms with Gasteiger partial charge in [0.1, 0.15) is 5.82 Å². The zero-order valence-electron chi connectivity index (χ0n) is 14.5. The second-order valence-electron chi connectivity index (χ2n) is 5.85. The van der Waals surface area contributed by atoms with Gasteiger partial charge in [0.2, 0.25) is 0 Å². The van der Waals surface area contributed by atoms with Crippen molar-refractivity contribution in [1.82, 2.24) is 9.97 Å². The molecular formula is C19H16F3N5O. The molecule has 0 bridgehead atoms. The van der Waals surface area contributed by atoms with Crippen molar-refractivity contribution in [1.29, 1.82) is 0 Å². The lowest BCUT2D eigenvalue weighted by Gasteiger charge is -2.10. The topological polar surface area (TPSA) is 92.9 Å². The third-order valence-electron chi connectivity index (χ3n) is 3.85. The van der Waals surface area contributed by atoms with E-state index in [0.717, 1.165) is 24.3 Å². The fourth-order valence-corrected chi connectivity index (χ4v) is 2.42. The van der Waals surface area contributed by atoms with Crippen LogP contribution in [0.15, 0.2) is 60.9 Å². The summed E-state index contributed by atoms with van der Waals surface area (Å²) < 4.78 is 37.8. The number of rotatable bonds is 5. The Bertz CT molecular complexity index is 974. The van der Waals surface area contributed by atoms with Crippen molar-refractivity contribution in [2.75, 3.05) is 16.4 Å². The fourth-order valence-electron chi connectivity index (χ4n) is 2.42. The van der Waals surface area contributed by atoms with Crippen molar-refractivity contribution in [2.24, 2.45) is 0 Å². The van der Waals surface area contributed by atoms with Crippen LogP contribution in [-0.2, 0) is 12.7 Å². The van der Waals surface area contributed by atoms with Gasteiger partial charge in [0.05, 0.1) is 23.5 Å². The molecule has 0 fully saturated rings. The molecule has 1 aromatic carbocycles. The van der Waals surface area contributed by atoms with Crippen LogP contribution in [-0.4, -0.2) is 15.9 Å². The summed E-state index contributed by atoms with van der Waals surface area (Å²) in [6, 6.07) is 10.8. The van der Waals surface area contributed by atoms with Gasteiger partial charge in [-0.2, -0.15) is 13.2 Å². The lowest BCUT2D eigenvalue weighted by atomic mass is 10.1. The zero-order chi connectivity index (χ0) is 20.1. The molecule has 0 radical (unpaired) electrons. The third kappa shape index (κ3) is 4.76. The first-order valence-electron chi connectivity index (χ1n) is 8.21. The first kappa shape index (κ1) is 19.2. The number of nitrogens with two attached hydrogens (primary N) is 1. The quantitative estimate of drug-likeness (QED) is 0.617. The van der Waals surface area contributed by atoms with Gasteiger partial charge in [0, 0.05) is 23.6 Å². The van der Waals surface area contributed by atoms with E-state index in [1.165, 1.54) is 6.20 Å². The molecule has 0 aliphatic carbocycles. The molecule has 2 heterocycles. The zero-order valence-corrected chi connectivity index (χ0v) is 14.5. The van der Waals surface area contributed by atoms with Crippen molar-refractivity contribution >= 4 is 23.1 Å². The molecule has 144 valence electrons. The van der Waals surface area contributed by atoms with E-state index in [2.05, 4.69) is 20.6 Å². The first-order valence-corrected chi connectivity index (χ1v) is 8.21. The minimum Gasteiger partial charge on any atom is -0.382 e. The van der Waals surface area contributed by atoms with E-state index in [-0.39, 0.29) is 5.56 Å². The number of nitrogen functional groups attached to an aromatic ring is 1. The summed E-state index contributed by atoms with van der Waals surface area (Å²) in [5, 5.41) is 5.73. The van der Waals surface area contributed by atoms with Gasteiger partial charge in [0.25, 0.3) is 5.91 Å². The predicted octanol–water partition coefficient (Wildman–Crippen LogP) is 3.94. The van der Waals surface area contributed by atoms with Gasteiger partial charge in [-0.15, -0.1) is 0 Å². The normalized spacial score (nSPS) is 11.1. The number of anilines is 3. The summed E-state index contributed by atoms with van der Waals surface area (Å²) in [6.45, 7) is 0.347. The number of amides is 1. The van der Waals surface area contributed by atoms with Crippen LogP contribution in [0.5, 0.6) is 0 Å². The monoisotopic (exact) mass is 387 g/mol. The van der Waals surface area contributed by atoms with Gasteiger partial charge in [-0.05, 0) is 48.5 Å². The number of pyridine rings is 2. The van der Waals surface area contributed by atoms with E-state index in [1.54, 1.807) is 30.5 Å². The summed E-state index contributed by atoms with van der Waals surface area (Å²) in [7, 11) is 0. The van der Waals surface area contributed by atoms with Crippen LogP contribution in [0.4, 0.5) is 30.4 Å². The van der Waals surface area contributed by atoms with E-state index in [0.29, 0.717) is 29.4 Å². The maximum Gasteiger partial charge on any atom is 0.416 e. The van der Waals surface area contributed by atoms with Gasteiger partial charge in [-0.25, -0.2) is 4.98 Å². The molecule has 4 N–H and O–H groups in total. The SMILES string of the molecule is Nc1ncccc1NCc1cc(NC(=O)c2ccc(C(F)(F)F)cc2)ccn1. The van der Waals surface area contributed by atoms with Gasteiger partial charge < -0.3 is 16.4 Å². The Morgan fingerprint density at radius 1 is 1.04 bits per heavy atom. The Balaban J connectivity index is 1.65. The number of nitrogens with one attached hydrogen (secondary N) is 2. The third-order valence-corrected chi connectivity index (χ3v) is 3.85. The van der Waals surface area contributed by atoms with Crippen LogP contribution in [0, 0.1) is 0 Å². The highest BCUT2D eigenvalue weighted by atomic mass is 19.4. The predicted molar refractivity (Wildman–Crippen MR) is 99.6 cm³/mol. The van der Waals surface area contributed by atoms with Gasteiger partial charge in [0.15, 0.2) is 0 Å². The Labute approximate surface area is 158 Å². The molecule has 0 unspecified atom stereocenters. The summed E-state index contributed by atoms with van der Waals surface area (Å²) in [4.78, 5) is 20.4. The van der Waals surface area contributed by atoms with Crippen LogP contribution in [0.25, 0.3) is 0 Å².